The Morgan fingerprint density at radius 1 is 1.03 bits per heavy atom. The average Bonchev–Trinajstić information content (AvgIpc) is 3.10. The van der Waals surface area contributed by atoms with E-state index in [2.05, 4.69) is 59.8 Å². The first-order valence-corrected chi connectivity index (χ1v) is 13.6. The maximum absolute atomic E-state index is 5.76. The minimum Gasteiger partial charge on any atom is -0.381 e. The van der Waals surface area contributed by atoms with Gasteiger partial charge >= 0.3 is 0 Å². The molecule has 0 aromatic carbocycles. The molecular weight excluding hydrogens is 376 g/mol. The number of ether oxygens (including phenoxy) is 1. The van der Waals surface area contributed by atoms with Gasteiger partial charge in [-0.2, -0.15) is 0 Å². The van der Waals surface area contributed by atoms with Gasteiger partial charge < -0.3 is 4.74 Å². The molecule has 6 unspecified atom stereocenters. The van der Waals surface area contributed by atoms with Crippen LogP contribution in [-0.2, 0) is 4.74 Å². The Morgan fingerprint density at radius 3 is 2.48 bits per heavy atom. The van der Waals surface area contributed by atoms with Crippen LogP contribution in [0, 0.1) is 52.3 Å². The number of hydrogen-bond donors (Lipinski definition) is 0. The van der Waals surface area contributed by atoms with Crippen LogP contribution < -0.4 is 0 Å². The molecule has 4 rings (SSSR count). The summed E-state index contributed by atoms with van der Waals surface area (Å²) in [6.07, 6.45) is 20.6. The van der Waals surface area contributed by atoms with Crippen LogP contribution >= 0.6 is 0 Å². The Morgan fingerprint density at radius 2 is 1.81 bits per heavy atom. The molecule has 176 valence electrons. The number of allylic oxidation sites excluding steroid dienone is 3. The number of hydrogen-bond acceptors (Lipinski definition) is 1. The van der Waals surface area contributed by atoms with Crippen molar-refractivity contribution in [2.24, 2.45) is 52.3 Å². The van der Waals surface area contributed by atoms with Crippen LogP contribution in [0.3, 0.4) is 0 Å². The third-order valence-corrected chi connectivity index (χ3v) is 11.1. The van der Waals surface area contributed by atoms with E-state index >= 15 is 0 Å². The van der Waals surface area contributed by atoms with Crippen LogP contribution in [0.1, 0.15) is 99.3 Å². The summed E-state index contributed by atoms with van der Waals surface area (Å²) >= 11 is 0. The van der Waals surface area contributed by atoms with E-state index in [1.54, 1.807) is 5.57 Å². The summed E-state index contributed by atoms with van der Waals surface area (Å²) in [5.41, 5.74) is 2.75. The molecule has 1 heteroatoms. The first-order chi connectivity index (χ1) is 14.7. The molecule has 0 radical (unpaired) electrons. The normalized spacial score (nSPS) is 44.5. The van der Waals surface area contributed by atoms with E-state index in [-0.39, 0.29) is 0 Å². The third kappa shape index (κ3) is 4.00. The fraction of sp³-hybridized carbons (Fsp3) is 0.867. The van der Waals surface area contributed by atoms with E-state index in [9.17, 15) is 0 Å². The van der Waals surface area contributed by atoms with Crippen molar-refractivity contribution in [3.63, 3.8) is 0 Å². The molecule has 0 saturated heterocycles. The van der Waals surface area contributed by atoms with Crippen molar-refractivity contribution in [2.75, 3.05) is 7.11 Å². The van der Waals surface area contributed by atoms with Gasteiger partial charge in [0, 0.05) is 7.11 Å². The monoisotopic (exact) mass is 426 g/mol. The van der Waals surface area contributed by atoms with E-state index in [0.29, 0.717) is 16.9 Å². The lowest BCUT2D eigenvalue weighted by Crippen LogP contribution is -2.50. The minimum absolute atomic E-state index is 0.453. The molecule has 4 aliphatic rings. The van der Waals surface area contributed by atoms with Crippen LogP contribution in [0.5, 0.6) is 0 Å². The van der Waals surface area contributed by atoms with E-state index in [1.165, 1.54) is 57.8 Å². The van der Waals surface area contributed by atoms with Crippen molar-refractivity contribution in [2.45, 2.75) is 105 Å². The highest BCUT2D eigenvalue weighted by Gasteiger charge is 2.59. The van der Waals surface area contributed by atoms with Crippen molar-refractivity contribution < 1.29 is 4.74 Å². The summed E-state index contributed by atoms with van der Waals surface area (Å²) in [7, 11) is 1.91. The topological polar surface area (TPSA) is 9.23 Å². The number of fused-ring (bicyclic) bond motifs is 5. The van der Waals surface area contributed by atoms with Crippen molar-refractivity contribution in [3.8, 4) is 0 Å². The maximum atomic E-state index is 5.76. The molecule has 0 N–H and O–H groups in total. The lowest BCUT2D eigenvalue weighted by atomic mass is 9.47. The highest BCUT2D eigenvalue weighted by Crippen LogP contribution is 2.67. The van der Waals surface area contributed by atoms with Gasteiger partial charge in [0.05, 0.1) is 6.10 Å². The second-order valence-corrected chi connectivity index (χ2v) is 12.6. The van der Waals surface area contributed by atoms with E-state index in [1.807, 2.05) is 7.11 Å². The summed E-state index contributed by atoms with van der Waals surface area (Å²) in [4.78, 5) is 0. The van der Waals surface area contributed by atoms with E-state index < -0.39 is 0 Å². The Hall–Kier alpha value is -0.560. The van der Waals surface area contributed by atoms with Gasteiger partial charge in [-0.25, -0.2) is 0 Å². The van der Waals surface area contributed by atoms with Crippen LogP contribution in [0.2, 0.25) is 0 Å². The molecule has 0 aliphatic heterocycles. The summed E-state index contributed by atoms with van der Waals surface area (Å²) in [6, 6.07) is 0. The summed E-state index contributed by atoms with van der Waals surface area (Å²) in [6.45, 7) is 14.9. The smallest absolute Gasteiger partial charge is 0.0608 e. The highest BCUT2D eigenvalue weighted by molar-refractivity contribution is 5.25. The van der Waals surface area contributed by atoms with E-state index in [4.69, 9.17) is 4.74 Å². The second-order valence-electron chi connectivity index (χ2n) is 12.6. The molecular formula is C30H50O. The zero-order valence-electron chi connectivity index (χ0n) is 21.6. The molecule has 1 nitrogen and oxygen atoms in total. The molecule has 3 saturated carbocycles. The summed E-state index contributed by atoms with van der Waals surface area (Å²) < 4.78 is 5.76. The number of methoxy groups -OCH3 is 1. The minimum atomic E-state index is 0.453. The maximum Gasteiger partial charge on any atom is 0.0608 e. The average molecular weight is 427 g/mol. The van der Waals surface area contributed by atoms with Crippen LogP contribution in [0.15, 0.2) is 23.8 Å². The first kappa shape index (κ1) is 23.6. The zero-order chi connectivity index (χ0) is 22.4. The number of rotatable bonds is 6. The molecule has 0 bridgehead atoms. The Balaban J connectivity index is 1.51. The fourth-order valence-electron chi connectivity index (χ4n) is 9.01. The Kier molecular flexibility index (Phi) is 6.85. The molecule has 9 atom stereocenters. The van der Waals surface area contributed by atoms with E-state index in [0.717, 1.165) is 41.4 Å². The summed E-state index contributed by atoms with van der Waals surface area (Å²) in [5, 5.41) is 0. The molecule has 0 heterocycles. The van der Waals surface area contributed by atoms with Crippen LogP contribution in [0.4, 0.5) is 0 Å². The molecule has 0 aromatic heterocycles. The van der Waals surface area contributed by atoms with Crippen molar-refractivity contribution >= 4 is 0 Å². The molecule has 31 heavy (non-hydrogen) atoms. The van der Waals surface area contributed by atoms with Gasteiger partial charge in [0.25, 0.3) is 0 Å². The van der Waals surface area contributed by atoms with Gasteiger partial charge in [0.1, 0.15) is 0 Å². The highest BCUT2D eigenvalue weighted by atomic mass is 16.5. The predicted molar refractivity (Wildman–Crippen MR) is 133 cm³/mol. The van der Waals surface area contributed by atoms with Gasteiger partial charge in [0.15, 0.2) is 0 Å². The quantitative estimate of drug-likeness (QED) is 0.387. The van der Waals surface area contributed by atoms with Gasteiger partial charge in [-0.05, 0) is 110 Å². The fourth-order valence-corrected chi connectivity index (χ4v) is 9.01. The van der Waals surface area contributed by atoms with Gasteiger partial charge in [0.2, 0.25) is 0 Å². The van der Waals surface area contributed by atoms with Gasteiger partial charge in [-0.15, -0.1) is 0 Å². The van der Waals surface area contributed by atoms with Crippen molar-refractivity contribution in [1.82, 2.24) is 0 Å². The Bertz CT molecular complexity index is 689. The zero-order valence-corrected chi connectivity index (χ0v) is 21.6. The van der Waals surface area contributed by atoms with Crippen LogP contribution in [0.25, 0.3) is 0 Å². The van der Waals surface area contributed by atoms with Crippen LogP contribution in [-0.4, -0.2) is 13.2 Å². The summed E-state index contributed by atoms with van der Waals surface area (Å²) in [5.74, 6) is 5.88. The second kappa shape index (κ2) is 9.00. The standard InChI is InChI=1S/C30H50O/c1-8-22(20(2)3)10-9-21(4)26-13-14-27-25-12-11-23-19-24(31-7)15-17-29(23,5)28(25)16-18-30(26,27)6/h9-11,20-22,24-28H,8,12-19H2,1-7H3/b10-9+/t21?,22?,24-,25?,26?,27?,28?,29-,30+/m0/s1. The largest absolute Gasteiger partial charge is 0.381 e. The molecule has 4 aliphatic carbocycles. The Labute approximate surface area is 193 Å². The first-order valence-electron chi connectivity index (χ1n) is 13.6. The molecule has 0 amide bonds. The molecule has 0 aromatic rings. The lowest BCUT2D eigenvalue weighted by molar-refractivity contribution is -0.0572. The molecule has 3 fully saturated rings. The van der Waals surface area contributed by atoms with Crippen molar-refractivity contribution in [1.29, 1.82) is 0 Å². The lowest BCUT2D eigenvalue weighted by Gasteiger charge is -2.58. The van der Waals surface area contributed by atoms with Gasteiger partial charge in [-0.1, -0.05) is 65.3 Å². The SMILES string of the molecule is CCC(/C=C/C(C)C1CCC2C3CC=C4C[C@@H](OC)CC[C@]4(C)C3CC[C@]12C)C(C)C. The molecule has 0 spiro atoms. The third-order valence-electron chi connectivity index (χ3n) is 11.1. The van der Waals surface area contributed by atoms with Crippen molar-refractivity contribution in [3.05, 3.63) is 23.8 Å². The predicted octanol–water partition coefficient (Wildman–Crippen LogP) is 8.45. The van der Waals surface area contributed by atoms with Gasteiger partial charge in [-0.3, -0.25) is 0 Å².